The van der Waals surface area contributed by atoms with E-state index >= 15 is 0 Å². The van der Waals surface area contributed by atoms with E-state index in [1.54, 1.807) is 0 Å². The highest BCUT2D eigenvalue weighted by Gasteiger charge is 2.05. The first kappa shape index (κ1) is 15.2. The fourth-order valence-electron chi connectivity index (χ4n) is 1.95. The predicted molar refractivity (Wildman–Crippen MR) is 84.6 cm³/mol. The average molecular weight is 310 g/mol. The molecule has 1 unspecified atom stereocenters. The largest absolute Gasteiger partial charge is 0.487 e. The van der Waals surface area contributed by atoms with Gasteiger partial charge in [0.05, 0.1) is 5.02 Å². The van der Waals surface area contributed by atoms with Crippen molar-refractivity contribution in [2.45, 2.75) is 26.0 Å². The van der Waals surface area contributed by atoms with E-state index in [2.05, 4.69) is 0 Å². The maximum atomic E-state index is 6.22. The smallest absolute Gasteiger partial charge is 0.138 e. The first-order valence-corrected chi connectivity index (χ1v) is 7.21. The van der Waals surface area contributed by atoms with Crippen molar-refractivity contribution in [3.8, 4) is 5.75 Å². The summed E-state index contributed by atoms with van der Waals surface area (Å²) < 4.78 is 5.72. The van der Waals surface area contributed by atoms with Crippen molar-refractivity contribution in [3.63, 3.8) is 0 Å². The van der Waals surface area contributed by atoms with Crippen LogP contribution in [0.5, 0.6) is 5.75 Å². The van der Waals surface area contributed by atoms with Crippen molar-refractivity contribution in [1.82, 2.24) is 0 Å². The zero-order valence-electron chi connectivity index (χ0n) is 11.3. The van der Waals surface area contributed by atoms with E-state index in [9.17, 15) is 0 Å². The maximum Gasteiger partial charge on any atom is 0.138 e. The van der Waals surface area contributed by atoms with Gasteiger partial charge in [-0.05, 0) is 48.7 Å². The molecule has 0 bridgehead atoms. The standard InChI is InChI=1S/C16H17Cl2NO/c1-11(19)7-12-5-6-16(15(18)9-12)20-10-13-3-2-4-14(17)8-13/h2-6,8-9,11H,7,10,19H2,1H3. The molecule has 0 aliphatic carbocycles. The minimum atomic E-state index is 0.115. The van der Waals surface area contributed by atoms with Crippen molar-refractivity contribution in [1.29, 1.82) is 0 Å². The fraction of sp³-hybridized carbons (Fsp3) is 0.250. The number of rotatable bonds is 5. The summed E-state index contributed by atoms with van der Waals surface area (Å²) in [5.41, 5.74) is 7.89. The van der Waals surface area contributed by atoms with E-state index in [4.69, 9.17) is 33.7 Å². The molecule has 0 saturated heterocycles. The Morgan fingerprint density at radius 2 is 1.90 bits per heavy atom. The van der Waals surface area contributed by atoms with Crippen molar-refractivity contribution in [3.05, 3.63) is 63.6 Å². The highest BCUT2D eigenvalue weighted by molar-refractivity contribution is 6.32. The summed E-state index contributed by atoms with van der Waals surface area (Å²) in [6.45, 7) is 2.41. The average Bonchev–Trinajstić information content (AvgIpc) is 2.37. The van der Waals surface area contributed by atoms with Gasteiger partial charge in [0.15, 0.2) is 0 Å². The van der Waals surface area contributed by atoms with Crippen LogP contribution in [0.3, 0.4) is 0 Å². The van der Waals surface area contributed by atoms with Crippen LogP contribution in [-0.4, -0.2) is 6.04 Å². The molecule has 0 heterocycles. The van der Waals surface area contributed by atoms with Crippen LogP contribution in [0, 0.1) is 0 Å². The van der Waals surface area contributed by atoms with Crippen LogP contribution in [0.1, 0.15) is 18.1 Å². The van der Waals surface area contributed by atoms with Gasteiger partial charge in [-0.2, -0.15) is 0 Å². The molecule has 2 rings (SSSR count). The molecule has 0 saturated carbocycles. The van der Waals surface area contributed by atoms with Gasteiger partial charge >= 0.3 is 0 Å². The first-order valence-electron chi connectivity index (χ1n) is 6.46. The number of benzene rings is 2. The lowest BCUT2D eigenvalue weighted by Crippen LogP contribution is -2.17. The van der Waals surface area contributed by atoms with Crippen LogP contribution in [-0.2, 0) is 13.0 Å². The summed E-state index contributed by atoms with van der Waals surface area (Å²) in [7, 11) is 0. The zero-order chi connectivity index (χ0) is 14.5. The van der Waals surface area contributed by atoms with E-state index < -0.39 is 0 Å². The SMILES string of the molecule is CC(N)Cc1ccc(OCc2cccc(Cl)c2)c(Cl)c1. The lowest BCUT2D eigenvalue weighted by atomic mass is 10.1. The molecule has 0 amide bonds. The van der Waals surface area contributed by atoms with Crippen molar-refractivity contribution in [2.75, 3.05) is 0 Å². The molecule has 20 heavy (non-hydrogen) atoms. The van der Waals surface area contributed by atoms with Crippen LogP contribution >= 0.6 is 23.2 Å². The number of hydrogen-bond acceptors (Lipinski definition) is 2. The van der Waals surface area contributed by atoms with E-state index in [-0.39, 0.29) is 6.04 Å². The second kappa shape index (κ2) is 6.98. The molecule has 0 aliphatic heterocycles. The Bertz CT molecular complexity index is 584. The zero-order valence-corrected chi connectivity index (χ0v) is 12.8. The van der Waals surface area contributed by atoms with Crippen LogP contribution in [0.2, 0.25) is 10.0 Å². The summed E-state index contributed by atoms with van der Waals surface area (Å²) in [6.07, 6.45) is 0.800. The van der Waals surface area contributed by atoms with Gasteiger partial charge < -0.3 is 10.5 Å². The molecule has 0 radical (unpaired) electrons. The third-order valence-electron chi connectivity index (χ3n) is 2.84. The maximum absolute atomic E-state index is 6.22. The highest BCUT2D eigenvalue weighted by Crippen LogP contribution is 2.27. The normalized spacial score (nSPS) is 12.2. The molecule has 2 N–H and O–H groups in total. The number of hydrogen-bond donors (Lipinski definition) is 1. The van der Waals surface area contributed by atoms with Gasteiger partial charge in [-0.1, -0.05) is 41.4 Å². The Kier molecular flexibility index (Phi) is 5.30. The monoisotopic (exact) mass is 309 g/mol. The van der Waals surface area contributed by atoms with Crippen LogP contribution in [0.4, 0.5) is 0 Å². The Morgan fingerprint density at radius 3 is 2.55 bits per heavy atom. The predicted octanol–water partition coefficient (Wildman–Crippen LogP) is 4.46. The van der Waals surface area contributed by atoms with E-state index in [1.165, 1.54) is 0 Å². The highest BCUT2D eigenvalue weighted by atomic mass is 35.5. The molecule has 2 aromatic rings. The van der Waals surface area contributed by atoms with Gasteiger partial charge in [0, 0.05) is 11.1 Å². The minimum absolute atomic E-state index is 0.115. The third-order valence-corrected chi connectivity index (χ3v) is 3.37. The number of ether oxygens (including phenoxy) is 1. The number of halogens is 2. The van der Waals surface area contributed by atoms with Crippen LogP contribution in [0.15, 0.2) is 42.5 Å². The number of nitrogens with two attached hydrogens (primary N) is 1. The molecule has 0 aliphatic rings. The van der Waals surface area contributed by atoms with E-state index in [0.717, 1.165) is 17.5 Å². The molecule has 2 aromatic carbocycles. The van der Waals surface area contributed by atoms with Crippen LogP contribution in [0.25, 0.3) is 0 Å². The molecular weight excluding hydrogens is 293 g/mol. The minimum Gasteiger partial charge on any atom is -0.487 e. The second-order valence-corrected chi connectivity index (χ2v) is 5.71. The van der Waals surface area contributed by atoms with Gasteiger partial charge in [-0.25, -0.2) is 0 Å². The van der Waals surface area contributed by atoms with Crippen molar-refractivity contribution < 1.29 is 4.74 Å². The third kappa shape index (κ3) is 4.41. The molecule has 106 valence electrons. The lowest BCUT2D eigenvalue weighted by Gasteiger charge is -2.11. The van der Waals surface area contributed by atoms with Gasteiger partial charge in [-0.15, -0.1) is 0 Å². The van der Waals surface area contributed by atoms with E-state index in [0.29, 0.717) is 22.4 Å². The Morgan fingerprint density at radius 1 is 1.10 bits per heavy atom. The van der Waals surface area contributed by atoms with Crippen molar-refractivity contribution in [2.24, 2.45) is 5.73 Å². The first-order chi connectivity index (χ1) is 9.54. The summed E-state index contributed by atoms with van der Waals surface area (Å²) in [5.74, 6) is 0.667. The molecule has 4 heteroatoms. The Labute approximate surface area is 129 Å². The van der Waals surface area contributed by atoms with Gasteiger partial charge in [0.2, 0.25) is 0 Å². The Balaban J connectivity index is 2.03. The van der Waals surface area contributed by atoms with Gasteiger partial charge in [-0.3, -0.25) is 0 Å². The van der Waals surface area contributed by atoms with Crippen molar-refractivity contribution >= 4 is 23.2 Å². The topological polar surface area (TPSA) is 35.2 Å². The molecule has 2 nitrogen and oxygen atoms in total. The van der Waals surface area contributed by atoms with Gasteiger partial charge in [0.25, 0.3) is 0 Å². The molecule has 0 fully saturated rings. The molecular formula is C16H17Cl2NO. The quantitative estimate of drug-likeness (QED) is 0.885. The molecule has 0 spiro atoms. The lowest BCUT2D eigenvalue weighted by molar-refractivity contribution is 0.306. The molecule has 0 aromatic heterocycles. The van der Waals surface area contributed by atoms with E-state index in [1.807, 2.05) is 49.4 Å². The summed E-state index contributed by atoms with van der Waals surface area (Å²) in [4.78, 5) is 0. The van der Waals surface area contributed by atoms with Gasteiger partial charge in [0.1, 0.15) is 12.4 Å². The summed E-state index contributed by atoms with van der Waals surface area (Å²) in [6, 6.07) is 13.5. The summed E-state index contributed by atoms with van der Waals surface area (Å²) in [5, 5.41) is 1.30. The Hall–Kier alpha value is -1.22. The second-order valence-electron chi connectivity index (χ2n) is 4.86. The van der Waals surface area contributed by atoms with Crippen LogP contribution < -0.4 is 10.5 Å². The fourth-order valence-corrected chi connectivity index (χ4v) is 2.42. The summed E-state index contributed by atoms with van der Waals surface area (Å²) >= 11 is 12.2. The molecule has 1 atom stereocenters.